The highest BCUT2D eigenvalue weighted by atomic mass is 35.5. The van der Waals surface area contributed by atoms with Gasteiger partial charge in [0.25, 0.3) is 0 Å². The van der Waals surface area contributed by atoms with Gasteiger partial charge in [-0.25, -0.2) is 4.79 Å². The lowest BCUT2D eigenvalue weighted by Crippen LogP contribution is -2.17. The Hall–Kier alpha value is -1.63. The number of hydrogen-bond acceptors (Lipinski definition) is 3. The van der Waals surface area contributed by atoms with Crippen LogP contribution in [0.4, 0.5) is 23.7 Å². The number of halogens is 4. The molecule has 4 nitrogen and oxygen atoms in total. The molecule has 0 aromatic heterocycles. The number of rotatable bonds is 6. The molecule has 0 spiro atoms. The highest BCUT2D eigenvalue weighted by Crippen LogP contribution is 2.23. The molecule has 8 heteroatoms. The third kappa shape index (κ3) is 7.08. The second-order valence-electron chi connectivity index (χ2n) is 3.73. The summed E-state index contributed by atoms with van der Waals surface area (Å²) in [6.07, 6.45) is -4.03. The number of amides is 1. The van der Waals surface area contributed by atoms with Crippen LogP contribution in [0.25, 0.3) is 0 Å². The van der Waals surface area contributed by atoms with Crippen molar-refractivity contribution < 1.29 is 27.4 Å². The number of anilines is 1. The van der Waals surface area contributed by atoms with E-state index in [9.17, 15) is 18.0 Å². The van der Waals surface area contributed by atoms with E-state index in [0.29, 0.717) is 18.0 Å². The topological polar surface area (TPSA) is 47.6 Å². The third-order valence-corrected chi connectivity index (χ3v) is 2.36. The Kier molecular flexibility index (Phi) is 6.44. The SMILES string of the molecule is O=C(Nc1ccc(OC(F)(F)F)cc1)OCCCCCl. The van der Waals surface area contributed by atoms with E-state index in [4.69, 9.17) is 16.3 Å². The Morgan fingerprint density at radius 2 is 1.85 bits per heavy atom. The van der Waals surface area contributed by atoms with Gasteiger partial charge in [-0.05, 0) is 37.1 Å². The van der Waals surface area contributed by atoms with Gasteiger partial charge in [-0.2, -0.15) is 0 Å². The van der Waals surface area contributed by atoms with Crippen LogP contribution in [-0.2, 0) is 4.74 Å². The second kappa shape index (κ2) is 7.84. The zero-order chi connectivity index (χ0) is 15.0. The molecule has 1 amide bonds. The molecule has 0 heterocycles. The molecule has 0 aliphatic rings. The zero-order valence-electron chi connectivity index (χ0n) is 10.4. The molecule has 0 aliphatic heterocycles. The Morgan fingerprint density at radius 1 is 1.20 bits per heavy atom. The summed E-state index contributed by atoms with van der Waals surface area (Å²) in [5, 5.41) is 2.38. The van der Waals surface area contributed by atoms with Gasteiger partial charge in [-0.15, -0.1) is 24.8 Å². The van der Waals surface area contributed by atoms with Crippen molar-refractivity contribution >= 4 is 23.4 Å². The number of ether oxygens (including phenoxy) is 2. The molecule has 1 N–H and O–H groups in total. The molecule has 0 saturated heterocycles. The minimum absolute atomic E-state index is 0.230. The monoisotopic (exact) mass is 311 g/mol. The Labute approximate surface area is 118 Å². The molecule has 1 rings (SSSR count). The van der Waals surface area contributed by atoms with Gasteiger partial charge in [-0.3, -0.25) is 5.32 Å². The average molecular weight is 312 g/mol. The number of carbonyl (C=O) groups is 1. The largest absolute Gasteiger partial charge is 0.573 e. The van der Waals surface area contributed by atoms with Gasteiger partial charge in [0.1, 0.15) is 5.75 Å². The van der Waals surface area contributed by atoms with Gasteiger partial charge in [0.15, 0.2) is 0 Å². The number of carbonyl (C=O) groups excluding carboxylic acids is 1. The maximum Gasteiger partial charge on any atom is 0.573 e. The first-order valence-corrected chi connectivity index (χ1v) is 6.30. The predicted octanol–water partition coefficient (Wildman–Crippen LogP) is 4.15. The summed E-state index contributed by atoms with van der Waals surface area (Å²) in [5.41, 5.74) is 0.307. The van der Waals surface area contributed by atoms with Crippen LogP contribution < -0.4 is 10.1 Å². The lowest BCUT2D eigenvalue weighted by atomic mass is 10.3. The fraction of sp³-hybridized carbons (Fsp3) is 0.417. The number of hydrogen-bond donors (Lipinski definition) is 1. The maximum atomic E-state index is 11.9. The predicted molar refractivity (Wildman–Crippen MR) is 68.0 cm³/mol. The summed E-state index contributed by atoms with van der Waals surface area (Å²) >= 11 is 5.46. The highest BCUT2D eigenvalue weighted by molar-refractivity contribution is 6.17. The number of nitrogens with one attached hydrogen (secondary N) is 1. The van der Waals surface area contributed by atoms with Crippen LogP contribution in [-0.4, -0.2) is 24.9 Å². The Balaban J connectivity index is 2.39. The fourth-order valence-corrected chi connectivity index (χ4v) is 1.44. The van der Waals surface area contributed by atoms with Gasteiger partial charge in [-0.1, -0.05) is 0 Å². The van der Waals surface area contributed by atoms with Crippen molar-refractivity contribution in [1.29, 1.82) is 0 Å². The van der Waals surface area contributed by atoms with Crippen molar-refractivity contribution in [3.8, 4) is 5.75 Å². The van der Waals surface area contributed by atoms with Crippen LogP contribution in [0.15, 0.2) is 24.3 Å². The maximum absolute atomic E-state index is 11.9. The first-order valence-electron chi connectivity index (χ1n) is 5.76. The van der Waals surface area contributed by atoms with Crippen LogP contribution >= 0.6 is 11.6 Å². The molecule has 0 atom stereocenters. The van der Waals surface area contributed by atoms with E-state index in [1.54, 1.807) is 0 Å². The van der Waals surface area contributed by atoms with Crippen LogP contribution in [0.1, 0.15) is 12.8 Å². The Bertz CT molecular complexity index is 423. The van der Waals surface area contributed by atoms with E-state index in [-0.39, 0.29) is 12.4 Å². The van der Waals surface area contributed by atoms with Crippen molar-refractivity contribution in [3.05, 3.63) is 24.3 Å². The number of alkyl halides is 4. The first kappa shape index (κ1) is 16.4. The van der Waals surface area contributed by atoms with Gasteiger partial charge in [0.2, 0.25) is 0 Å². The molecule has 0 aliphatic carbocycles. The van der Waals surface area contributed by atoms with Crippen molar-refractivity contribution in [2.24, 2.45) is 0 Å². The minimum Gasteiger partial charge on any atom is -0.449 e. The van der Waals surface area contributed by atoms with Crippen LogP contribution in [0.3, 0.4) is 0 Å². The highest BCUT2D eigenvalue weighted by Gasteiger charge is 2.30. The summed E-state index contributed by atoms with van der Waals surface area (Å²) in [5.74, 6) is 0.129. The first-order chi connectivity index (χ1) is 9.40. The van der Waals surface area contributed by atoms with Crippen molar-refractivity contribution in [3.63, 3.8) is 0 Å². The van der Waals surface area contributed by atoms with Crippen molar-refractivity contribution in [1.82, 2.24) is 0 Å². The molecule has 0 bridgehead atoms. The number of unbranched alkanes of at least 4 members (excludes halogenated alkanes) is 1. The fourth-order valence-electron chi connectivity index (χ4n) is 1.26. The van der Waals surface area contributed by atoms with E-state index in [2.05, 4.69) is 10.1 Å². The molecule has 0 saturated carbocycles. The van der Waals surface area contributed by atoms with Gasteiger partial charge in [0.05, 0.1) is 6.61 Å². The van der Waals surface area contributed by atoms with Crippen LogP contribution in [0.5, 0.6) is 5.75 Å². The van der Waals surface area contributed by atoms with Gasteiger partial charge >= 0.3 is 12.5 Å². The van der Waals surface area contributed by atoms with Gasteiger partial charge < -0.3 is 9.47 Å². The van der Waals surface area contributed by atoms with Crippen molar-refractivity contribution in [2.75, 3.05) is 17.8 Å². The Morgan fingerprint density at radius 3 is 2.40 bits per heavy atom. The molecule has 112 valence electrons. The van der Waals surface area contributed by atoms with E-state index >= 15 is 0 Å². The summed E-state index contributed by atoms with van der Waals surface area (Å²) in [6, 6.07) is 4.75. The summed E-state index contributed by atoms with van der Waals surface area (Å²) in [7, 11) is 0. The molecule has 0 radical (unpaired) electrons. The molecular formula is C12H13ClF3NO3. The lowest BCUT2D eigenvalue weighted by molar-refractivity contribution is -0.274. The van der Waals surface area contributed by atoms with Crippen molar-refractivity contribution in [2.45, 2.75) is 19.2 Å². The molecule has 0 unspecified atom stereocenters. The molecule has 20 heavy (non-hydrogen) atoms. The normalized spacial score (nSPS) is 11.0. The molecule has 1 aromatic carbocycles. The third-order valence-electron chi connectivity index (χ3n) is 2.10. The average Bonchev–Trinajstić information content (AvgIpc) is 2.35. The molecule has 0 fully saturated rings. The standard InChI is InChI=1S/C12H13ClF3NO3/c13-7-1-2-8-19-11(18)17-9-3-5-10(6-4-9)20-12(14,15)16/h3-6H,1-2,7-8H2,(H,17,18). The smallest absolute Gasteiger partial charge is 0.449 e. The van der Waals surface area contributed by atoms with Crippen LogP contribution in [0.2, 0.25) is 0 Å². The summed E-state index contributed by atoms with van der Waals surface area (Å²) in [4.78, 5) is 11.3. The second-order valence-corrected chi connectivity index (χ2v) is 4.11. The minimum atomic E-state index is -4.74. The van der Waals surface area contributed by atoms with E-state index < -0.39 is 12.5 Å². The summed E-state index contributed by atoms with van der Waals surface area (Å²) in [6.45, 7) is 0.230. The van der Waals surface area contributed by atoms with E-state index in [1.807, 2.05) is 0 Å². The van der Waals surface area contributed by atoms with Gasteiger partial charge in [0, 0.05) is 11.6 Å². The van der Waals surface area contributed by atoms with E-state index in [0.717, 1.165) is 18.6 Å². The quantitative estimate of drug-likeness (QED) is 0.634. The van der Waals surface area contributed by atoms with Crippen LogP contribution in [0, 0.1) is 0 Å². The molecular weight excluding hydrogens is 299 g/mol. The lowest BCUT2D eigenvalue weighted by Gasteiger charge is -2.10. The molecule has 1 aromatic rings. The number of benzene rings is 1. The zero-order valence-corrected chi connectivity index (χ0v) is 11.1. The summed E-state index contributed by atoms with van der Waals surface area (Å²) < 4.78 is 44.3. The van der Waals surface area contributed by atoms with E-state index in [1.165, 1.54) is 12.1 Å².